The van der Waals surface area contributed by atoms with Crippen LogP contribution in [0.15, 0.2) is 24.4 Å². The zero-order chi connectivity index (χ0) is 10.1. The summed E-state index contributed by atoms with van der Waals surface area (Å²) in [6, 6.07) is 6.03. The van der Waals surface area contributed by atoms with Gasteiger partial charge in [-0.15, -0.1) is 0 Å². The molecule has 1 aromatic heterocycles. The van der Waals surface area contributed by atoms with Gasteiger partial charge in [0.15, 0.2) is 0 Å². The van der Waals surface area contributed by atoms with Crippen molar-refractivity contribution in [3.8, 4) is 5.75 Å². The Morgan fingerprint density at radius 3 is 2.79 bits per heavy atom. The summed E-state index contributed by atoms with van der Waals surface area (Å²) >= 11 is 5.99. The SMILES string of the molecule is COc1cnc(Cl)c2cc(C)ccc12. The molecule has 0 N–H and O–H groups in total. The Morgan fingerprint density at radius 2 is 2.07 bits per heavy atom. The summed E-state index contributed by atoms with van der Waals surface area (Å²) in [5.41, 5.74) is 1.16. The molecule has 0 aliphatic carbocycles. The van der Waals surface area contributed by atoms with Gasteiger partial charge in [-0.2, -0.15) is 0 Å². The average Bonchev–Trinajstić information content (AvgIpc) is 2.19. The first-order valence-electron chi connectivity index (χ1n) is 4.31. The predicted molar refractivity (Wildman–Crippen MR) is 58.0 cm³/mol. The van der Waals surface area contributed by atoms with Crippen molar-refractivity contribution in [1.82, 2.24) is 4.98 Å². The first kappa shape index (κ1) is 9.28. The standard InChI is InChI=1S/C11H10ClNO/c1-7-3-4-8-9(5-7)11(12)13-6-10(8)14-2/h3-6H,1-2H3. The summed E-state index contributed by atoms with van der Waals surface area (Å²) in [4.78, 5) is 4.06. The Labute approximate surface area is 87.5 Å². The molecule has 3 heteroatoms. The van der Waals surface area contributed by atoms with Crippen molar-refractivity contribution < 1.29 is 4.74 Å². The van der Waals surface area contributed by atoms with Gasteiger partial charge in [0.05, 0.1) is 13.3 Å². The van der Waals surface area contributed by atoms with Crippen molar-refractivity contribution in [2.24, 2.45) is 0 Å². The molecule has 0 unspecified atom stereocenters. The highest BCUT2D eigenvalue weighted by Crippen LogP contribution is 2.29. The number of hydrogen-bond acceptors (Lipinski definition) is 2. The fourth-order valence-corrected chi connectivity index (χ4v) is 1.67. The highest BCUT2D eigenvalue weighted by atomic mass is 35.5. The van der Waals surface area contributed by atoms with Crippen LogP contribution in [0.4, 0.5) is 0 Å². The predicted octanol–water partition coefficient (Wildman–Crippen LogP) is 3.21. The molecule has 0 radical (unpaired) electrons. The van der Waals surface area contributed by atoms with Gasteiger partial charge in [0.2, 0.25) is 0 Å². The average molecular weight is 208 g/mol. The molecule has 2 aromatic rings. The van der Waals surface area contributed by atoms with E-state index in [0.717, 1.165) is 22.1 Å². The van der Waals surface area contributed by atoms with E-state index in [1.807, 2.05) is 25.1 Å². The van der Waals surface area contributed by atoms with Crippen LogP contribution >= 0.6 is 11.6 Å². The number of methoxy groups -OCH3 is 1. The molecule has 0 spiro atoms. The molecule has 0 aliphatic rings. The third-order valence-corrected chi connectivity index (χ3v) is 2.48. The highest BCUT2D eigenvalue weighted by molar-refractivity contribution is 6.34. The number of aromatic nitrogens is 1. The van der Waals surface area contributed by atoms with Crippen LogP contribution in [0.2, 0.25) is 5.15 Å². The molecule has 0 saturated heterocycles. The summed E-state index contributed by atoms with van der Waals surface area (Å²) < 4.78 is 5.20. The highest BCUT2D eigenvalue weighted by Gasteiger charge is 2.05. The molecular weight excluding hydrogens is 198 g/mol. The summed E-state index contributed by atoms with van der Waals surface area (Å²) in [5, 5.41) is 2.45. The van der Waals surface area contributed by atoms with Crippen LogP contribution in [0.25, 0.3) is 10.8 Å². The molecule has 0 bridgehead atoms. The van der Waals surface area contributed by atoms with E-state index < -0.39 is 0 Å². The number of rotatable bonds is 1. The van der Waals surface area contributed by atoms with Crippen LogP contribution in [0, 0.1) is 6.92 Å². The van der Waals surface area contributed by atoms with Gasteiger partial charge >= 0.3 is 0 Å². The quantitative estimate of drug-likeness (QED) is 0.670. The van der Waals surface area contributed by atoms with E-state index in [1.54, 1.807) is 13.3 Å². The minimum atomic E-state index is 0.518. The van der Waals surface area contributed by atoms with Crippen molar-refractivity contribution in [3.63, 3.8) is 0 Å². The largest absolute Gasteiger partial charge is 0.494 e. The van der Waals surface area contributed by atoms with Crippen molar-refractivity contribution >= 4 is 22.4 Å². The first-order valence-corrected chi connectivity index (χ1v) is 4.69. The van der Waals surface area contributed by atoms with Gasteiger partial charge in [-0.3, -0.25) is 0 Å². The van der Waals surface area contributed by atoms with E-state index in [1.165, 1.54) is 0 Å². The number of aryl methyl sites for hydroxylation is 1. The van der Waals surface area contributed by atoms with Crippen molar-refractivity contribution in [2.45, 2.75) is 6.92 Å². The normalized spacial score (nSPS) is 10.5. The maximum atomic E-state index is 5.99. The number of hydrogen-bond donors (Lipinski definition) is 0. The molecule has 2 rings (SSSR count). The Balaban J connectivity index is 2.84. The molecule has 72 valence electrons. The number of halogens is 1. The van der Waals surface area contributed by atoms with E-state index >= 15 is 0 Å². The van der Waals surface area contributed by atoms with Gasteiger partial charge in [-0.1, -0.05) is 29.3 Å². The molecule has 1 aromatic carbocycles. The maximum absolute atomic E-state index is 5.99. The van der Waals surface area contributed by atoms with Crippen molar-refractivity contribution in [2.75, 3.05) is 7.11 Å². The lowest BCUT2D eigenvalue weighted by molar-refractivity contribution is 0.418. The first-order chi connectivity index (χ1) is 6.72. The minimum absolute atomic E-state index is 0.518. The van der Waals surface area contributed by atoms with Gasteiger partial charge in [0.1, 0.15) is 10.9 Å². The molecule has 0 aliphatic heterocycles. The molecule has 0 saturated carbocycles. The molecule has 0 atom stereocenters. The maximum Gasteiger partial charge on any atom is 0.145 e. The number of fused-ring (bicyclic) bond motifs is 1. The van der Waals surface area contributed by atoms with Gasteiger partial charge in [0.25, 0.3) is 0 Å². The number of pyridine rings is 1. The summed E-state index contributed by atoms with van der Waals surface area (Å²) in [5.74, 6) is 0.754. The van der Waals surface area contributed by atoms with Crippen LogP contribution in [0.5, 0.6) is 5.75 Å². The Bertz CT molecular complexity index is 482. The van der Waals surface area contributed by atoms with Gasteiger partial charge in [-0.25, -0.2) is 4.98 Å². The van der Waals surface area contributed by atoms with Crippen LogP contribution in [0.1, 0.15) is 5.56 Å². The van der Waals surface area contributed by atoms with Crippen LogP contribution in [-0.4, -0.2) is 12.1 Å². The minimum Gasteiger partial charge on any atom is -0.494 e. The lowest BCUT2D eigenvalue weighted by atomic mass is 10.1. The fourth-order valence-electron chi connectivity index (χ4n) is 1.46. The zero-order valence-corrected chi connectivity index (χ0v) is 8.80. The Kier molecular flexibility index (Phi) is 2.30. The van der Waals surface area contributed by atoms with Gasteiger partial charge in [0, 0.05) is 10.8 Å². The van der Waals surface area contributed by atoms with Crippen molar-refractivity contribution in [3.05, 3.63) is 35.1 Å². The zero-order valence-electron chi connectivity index (χ0n) is 8.04. The Hall–Kier alpha value is -1.28. The topological polar surface area (TPSA) is 22.1 Å². The lowest BCUT2D eigenvalue weighted by Gasteiger charge is -2.06. The number of ether oxygens (including phenoxy) is 1. The van der Waals surface area contributed by atoms with Crippen LogP contribution < -0.4 is 4.74 Å². The molecule has 0 fully saturated rings. The van der Waals surface area contributed by atoms with E-state index in [4.69, 9.17) is 16.3 Å². The second kappa shape index (κ2) is 3.46. The number of nitrogens with zero attached hydrogens (tertiary/aromatic N) is 1. The summed E-state index contributed by atoms with van der Waals surface area (Å²) in [7, 11) is 1.63. The third kappa shape index (κ3) is 1.42. The third-order valence-electron chi connectivity index (χ3n) is 2.18. The second-order valence-corrected chi connectivity index (χ2v) is 3.52. The molecule has 0 amide bonds. The van der Waals surface area contributed by atoms with Crippen LogP contribution in [-0.2, 0) is 0 Å². The molecular formula is C11H10ClNO. The second-order valence-electron chi connectivity index (χ2n) is 3.17. The Morgan fingerprint density at radius 1 is 1.29 bits per heavy atom. The smallest absolute Gasteiger partial charge is 0.145 e. The van der Waals surface area contributed by atoms with Gasteiger partial charge in [-0.05, 0) is 13.0 Å². The number of benzene rings is 1. The fraction of sp³-hybridized carbons (Fsp3) is 0.182. The van der Waals surface area contributed by atoms with E-state index in [2.05, 4.69) is 4.98 Å². The monoisotopic (exact) mass is 207 g/mol. The van der Waals surface area contributed by atoms with E-state index in [-0.39, 0.29) is 0 Å². The van der Waals surface area contributed by atoms with Gasteiger partial charge < -0.3 is 4.74 Å². The summed E-state index contributed by atoms with van der Waals surface area (Å²) in [6.07, 6.45) is 1.64. The van der Waals surface area contributed by atoms with E-state index in [9.17, 15) is 0 Å². The lowest BCUT2D eigenvalue weighted by Crippen LogP contribution is -1.88. The van der Waals surface area contributed by atoms with Crippen molar-refractivity contribution in [1.29, 1.82) is 0 Å². The van der Waals surface area contributed by atoms with E-state index in [0.29, 0.717) is 5.15 Å². The molecule has 14 heavy (non-hydrogen) atoms. The molecule has 1 heterocycles. The summed E-state index contributed by atoms with van der Waals surface area (Å²) in [6.45, 7) is 2.02. The molecule has 2 nitrogen and oxygen atoms in total. The van der Waals surface area contributed by atoms with Crippen LogP contribution in [0.3, 0.4) is 0 Å².